The van der Waals surface area contributed by atoms with E-state index >= 15 is 0 Å². The molecule has 0 fully saturated rings. The zero-order chi connectivity index (χ0) is 23.5. The number of carbonyl (C=O) groups is 2. The van der Waals surface area contributed by atoms with Gasteiger partial charge in [0.15, 0.2) is 0 Å². The summed E-state index contributed by atoms with van der Waals surface area (Å²) in [5.74, 6) is 0.185. The van der Waals surface area contributed by atoms with E-state index in [-0.39, 0.29) is 12.0 Å². The van der Waals surface area contributed by atoms with Crippen LogP contribution in [0, 0.1) is 0 Å². The first-order chi connectivity index (χ1) is 16.6. The molecule has 2 atom stereocenters. The highest BCUT2D eigenvalue weighted by Crippen LogP contribution is 2.27. The van der Waals surface area contributed by atoms with Crippen molar-refractivity contribution in [3.63, 3.8) is 0 Å². The molecule has 0 bridgehead atoms. The van der Waals surface area contributed by atoms with Gasteiger partial charge in [-0.2, -0.15) is 0 Å². The summed E-state index contributed by atoms with van der Waals surface area (Å²) in [6, 6.07) is 21.8. The van der Waals surface area contributed by atoms with Gasteiger partial charge in [-0.25, -0.2) is 0 Å². The molecule has 2 heterocycles. The highest BCUT2D eigenvalue weighted by molar-refractivity contribution is 6.33. The predicted molar refractivity (Wildman–Crippen MR) is 132 cm³/mol. The van der Waals surface area contributed by atoms with Gasteiger partial charge in [-0.15, -0.1) is 0 Å². The van der Waals surface area contributed by atoms with Crippen molar-refractivity contribution in [1.82, 2.24) is 15.6 Å². The summed E-state index contributed by atoms with van der Waals surface area (Å²) in [6.45, 7) is 0.347. The van der Waals surface area contributed by atoms with Crippen LogP contribution in [-0.4, -0.2) is 35.5 Å². The maximum Gasteiger partial charge on any atom is 0.253 e. The summed E-state index contributed by atoms with van der Waals surface area (Å²) in [7, 11) is 0. The van der Waals surface area contributed by atoms with Crippen molar-refractivity contribution in [3.05, 3.63) is 101 Å². The molecule has 1 aromatic heterocycles. The molecule has 2 unspecified atom stereocenters. The molecule has 0 aliphatic carbocycles. The van der Waals surface area contributed by atoms with Gasteiger partial charge in [-0.05, 0) is 35.4 Å². The third-order valence-corrected chi connectivity index (χ3v) is 6.39. The fourth-order valence-electron chi connectivity index (χ4n) is 4.32. The second kappa shape index (κ2) is 9.61. The fraction of sp³-hybridized carbons (Fsp3) is 0.185. The van der Waals surface area contributed by atoms with Gasteiger partial charge in [0.25, 0.3) is 5.91 Å². The van der Waals surface area contributed by atoms with Crippen molar-refractivity contribution in [2.75, 3.05) is 6.54 Å². The second-order valence-corrected chi connectivity index (χ2v) is 8.77. The summed E-state index contributed by atoms with van der Waals surface area (Å²) in [5, 5.41) is 7.20. The van der Waals surface area contributed by atoms with E-state index in [2.05, 4.69) is 15.6 Å². The smallest absolute Gasteiger partial charge is 0.253 e. The van der Waals surface area contributed by atoms with Gasteiger partial charge in [0.2, 0.25) is 5.91 Å². The molecule has 34 heavy (non-hydrogen) atoms. The molecule has 3 aromatic carbocycles. The lowest BCUT2D eigenvalue weighted by Gasteiger charge is -2.20. The van der Waals surface area contributed by atoms with Crippen LogP contribution in [0.3, 0.4) is 0 Å². The number of carbonyl (C=O) groups excluding carboxylic acids is 2. The van der Waals surface area contributed by atoms with E-state index < -0.39 is 11.9 Å². The largest absolute Gasteiger partial charge is 0.488 e. The number of amides is 2. The van der Waals surface area contributed by atoms with Gasteiger partial charge in [-0.3, -0.25) is 9.59 Å². The number of H-pyrrole nitrogens is 1. The SMILES string of the molecule is O=C(NC(Cc1c[nH]c2ccccc12)C(=O)NCC1Cc2ccccc2O1)c1ccccc1Cl. The van der Waals surface area contributed by atoms with Crippen LogP contribution in [0.1, 0.15) is 21.5 Å². The minimum atomic E-state index is -0.785. The Balaban J connectivity index is 1.32. The Morgan fingerprint density at radius 3 is 2.65 bits per heavy atom. The predicted octanol–water partition coefficient (Wildman–Crippen LogP) is 4.28. The summed E-state index contributed by atoms with van der Waals surface area (Å²) in [5.41, 5.74) is 3.38. The maximum atomic E-state index is 13.3. The molecule has 172 valence electrons. The van der Waals surface area contributed by atoms with E-state index in [0.29, 0.717) is 23.6 Å². The third-order valence-electron chi connectivity index (χ3n) is 6.06. The molecule has 0 spiro atoms. The number of benzene rings is 3. The van der Waals surface area contributed by atoms with Gasteiger partial charge >= 0.3 is 0 Å². The first-order valence-electron chi connectivity index (χ1n) is 11.2. The van der Waals surface area contributed by atoms with E-state index in [4.69, 9.17) is 16.3 Å². The first-order valence-corrected chi connectivity index (χ1v) is 11.6. The van der Waals surface area contributed by atoms with Crippen LogP contribution < -0.4 is 15.4 Å². The highest BCUT2D eigenvalue weighted by Gasteiger charge is 2.27. The summed E-state index contributed by atoms with van der Waals surface area (Å²) >= 11 is 6.21. The zero-order valence-corrected chi connectivity index (χ0v) is 19.1. The molecule has 1 aliphatic rings. The number of hydrogen-bond acceptors (Lipinski definition) is 3. The van der Waals surface area contributed by atoms with Crippen LogP contribution in [-0.2, 0) is 17.6 Å². The number of hydrogen-bond donors (Lipinski definition) is 3. The van der Waals surface area contributed by atoms with E-state index in [1.165, 1.54) is 0 Å². The topological polar surface area (TPSA) is 83.2 Å². The lowest BCUT2D eigenvalue weighted by atomic mass is 10.0. The van der Waals surface area contributed by atoms with Crippen molar-refractivity contribution in [3.8, 4) is 5.75 Å². The average molecular weight is 474 g/mol. The molecule has 0 radical (unpaired) electrons. The molecular formula is C27H24ClN3O3. The van der Waals surface area contributed by atoms with E-state index in [9.17, 15) is 9.59 Å². The Kier molecular flexibility index (Phi) is 6.23. The summed E-state index contributed by atoms with van der Waals surface area (Å²) in [6.07, 6.45) is 2.80. The molecule has 0 saturated heterocycles. The van der Waals surface area contributed by atoms with Crippen LogP contribution >= 0.6 is 11.6 Å². The summed E-state index contributed by atoms with van der Waals surface area (Å²) < 4.78 is 5.94. The molecule has 7 heteroatoms. The van der Waals surface area contributed by atoms with Crippen molar-refractivity contribution >= 4 is 34.3 Å². The van der Waals surface area contributed by atoms with Crippen molar-refractivity contribution < 1.29 is 14.3 Å². The number of aromatic amines is 1. The lowest BCUT2D eigenvalue weighted by Crippen LogP contribution is -2.49. The number of ether oxygens (including phenoxy) is 1. The summed E-state index contributed by atoms with van der Waals surface area (Å²) in [4.78, 5) is 29.5. The molecule has 1 aliphatic heterocycles. The van der Waals surface area contributed by atoms with Crippen LogP contribution in [0.2, 0.25) is 5.02 Å². The number of halogens is 1. The van der Waals surface area contributed by atoms with Gasteiger partial charge in [-0.1, -0.05) is 60.1 Å². The minimum absolute atomic E-state index is 0.144. The molecule has 4 aromatic rings. The monoisotopic (exact) mass is 473 g/mol. The van der Waals surface area contributed by atoms with Crippen molar-refractivity contribution in [2.24, 2.45) is 0 Å². The number of rotatable bonds is 7. The molecular weight excluding hydrogens is 450 g/mol. The maximum absolute atomic E-state index is 13.3. The number of para-hydroxylation sites is 2. The van der Waals surface area contributed by atoms with Crippen molar-refractivity contribution in [1.29, 1.82) is 0 Å². The standard InChI is InChI=1S/C27H24ClN3O3/c28-22-10-4-2-9-21(22)26(32)31-24(14-18-15-29-23-11-5-3-8-20(18)23)27(33)30-16-19-13-17-7-1-6-12-25(17)34-19/h1-12,15,19,24,29H,13-14,16H2,(H,30,33)(H,31,32). The molecule has 5 rings (SSSR count). The average Bonchev–Trinajstić information content (AvgIpc) is 3.46. The fourth-order valence-corrected chi connectivity index (χ4v) is 4.54. The van der Waals surface area contributed by atoms with Crippen LogP contribution in [0.4, 0.5) is 0 Å². The molecule has 0 saturated carbocycles. The van der Waals surface area contributed by atoms with Crippen LogP contribution in [0.15, 0.2) is 79.0 Å². The van der Waals surface area contributed by atoms with E-state index in [1.54, 1.807) is 24.3 Å². The normalized spacial score (nSPS) is 15.4. The number of aromatic nitrogens is 1. The Hall–Kier alpha value is -3.77. The Labute approximate surface area is 202 Å². The Bertz CT molecular complexity index is 1320. The molecule has 2 amide bonds. The van der Waals surface area contributed by atoms with Crippen molar-refractivity contribution in [2.45, 2.75) is 25.0 Å². The Morgan fingerprint density at radius 2 is 1.79 bits per heavy atom. The van der Waals surface area contributed by atoms with Gasteiger partial charge in [0, 0.05) is 29.9 Å². The van der Waals surface area contributed by atoms with Gasteiger partial charge < -0.3 is 20.4 Å². The highest BCUT2D eigenvalue weighted by atomic mass is 35.5. The van der Waals surface area contributed by atoms with Gasteiger partial charge in [0.05, 0.1) is 17.1 Å². The minimum Gasteiger partial charge on any atom is -0.488 e. The first kappa shape index (κ1) is 22.0. The lowest BCUT2D eigenvalue weighted by molar-refractivity contribution is -0.123. The number of nitrogens with one attached hydrogen (secondary N) is 3. The van der Waals surface area contributed by atoms with Crippen LogP contribution in [0.5, 0.6) is 5.75 Å². The van der Waals surface area contributed by atoms with Gasteiger partial charge in [0.1, 0.15) is 17.9 Å². The van der Waals surface area contributed by atoms with Crippen LogP contribution in [0.25, 0.3) is 10.9 Å². The van der Waals surface area contributed by atoms with E-state index in [0.717, 1.165) is 34.2 Å². The number of fused-ring (bicyclic) bond motifs is 2. The molecule has 6 nitrogen and oxygen atoms in total. The van der Waals surface area contributed by atoms with E-state index in [1.807, 2.05) is 54.7 Å². The Morgan fingerprint density at radius 1 is 1.03 bits per heavy atom. The molecule has 3 N–H and O–H groups in total. The quantitative estimate of drug-likeness (QED) is 0.374. The second-order valence-electron chi connectivity index (χ2n) is 8.37. The zero-order valence-electron chi connectivity index (χ0n) is 18.4. The third kappa shape index (κ3) is 4.63.